The van der Waals surface area contributed by atoms with Crippen molar-refractivity contribution in [2.75, 3.05) is 6.54 Å². The summed E-state index contributed by atoms with van der Waals surface area (Å²) in [6.07, 6.45) is 0.628. The van der Waals surface area contributed by atoms with Gasteiger partial charge in [-0.25, -0.2) is 9.59 Å². The summed E-state index contributed by atoms with van der Waals surface area (Å²) in [5.74, 6) is -0.947. The molecule has 15 heavy (non-hydrogen) atoms. The van der Waals surface area contributed by atoms with E-state index in [-0.39, 0.29) is 5.56 Å². The average molecular weight is 208 g/mol. The fourth-order valence-corrected chi connectivity index (χ4v) is 1.14. The lowest BCUT2D eigenvalue weighted by Gasteiger charge is -2.02. The van der Waals surface area contributed by atoms with Gasteiger partial charge in [-0.1, -0.05) is 12.1 Å². The van der Waals surface area contributed by atoms with Crippen molar-refractivity contribution < 1.29 is 14.7 Å². The molecule has 0 saturated carbocycles. The molecule has 1 aromatic rings. The molecule has 0 fully saturated rings. The Bertz CT molecular complexity index is 359. The second-order valence-electron chi connectivity index (χ2n) is 3.04. The van der Waals surface area contributed by atoms with Crippen molar-refractivity contribution >= 4 is 12.0 Å². The summed E-state index contributed by atoms with van der Waals surface area (Å²) >= 11 is 0. The number of carboxylic acid groups (broad SMARTS) is 1. The van der Waals surface area contributed by atoms with Crippen LogP contribution in [0.1, 0.15) is 15.9 Å². The number of carboxylic acids is 1. The molecular formula is C10H12N2O3. The highest BCUT2D eigenvalue weighted by atomic mass is 16.4. The predicted molar refractivity (Wildman–Crippen MR) is 54.7 cm³/mol. The van der Waals surface area contributed by atoms with E-state index in [0.29, 0.717) is 13.0 Å². The molecule has 2 amide bonds. The van der Waals surface area contributed by atoms with Gasteiger partial charge in [0.1, 0.15) is 0 Å². The smallest absolute Gasteiger partial charge is 0.335 e. The number of nitrogens with two attached hydrogens (primary N) is 1. The minimum absolute atomic E-state index is 0.251. The molecule has 0 spiro atoms. The van der Waals surface area contributed by atoms with Gasteiger partial charge >= 0.3 is 12.0 Å². The van der Waals surface area contributed by atoms with E-state index in [9.17, 15) is 9.59 Å². The molecule has 0 aliphatic carbocycles. The highest BCUT2D eigenvalue weighted by molar-refractivity contribution is 5.87. The SMILES string of the molecule is NC(=O)NCCc1ccc(C(=O)O)cc1. The standard InChI is InChI=1S/C10H12N2O3/c11-10(15)12-6-5-7-1-3-8(4-2-7)9(13)14/h1-4H,5-6H2,(H,13,14)(H3,11,12,15). The monoisotopic (exact) mass is 208 g/mol. The molecule has 1 rings (SSSR count). The molecule has 0 unspecified atom stereocenters. The maximum atomic E-state index is 10.5. The van der Waals surface area contributed by atoms with E-state index in [0.717, 1.165) is 5.56 Å². The lowest BCUT2D eigenvalue weighted by molar-refractivity contribution is 0.0697. The van der Waals surface area contributed by atoms with Gasteiger partial charge in [-0.15, -0.1) is 0 Å². The number of carbonyl (C=O) groups excluding carboxylic acids is 1. The number of nitrogens with one attached hydrogen (secondary N) is 1. The lowest BCUT2D eigenvalue weighted by Crippen LogP contribution is -2.30. The van der Waals surface area contributed by atoms with E-state index < -0.39 is 12.0 Å². The Morgan fingerprint density at radius 3 is 2.33 bits per heavy atom. The minimum atomic E-state index is -0.947. The third-order valence-electron chi connectivity index (χ3n) is 1.91. The fourth-order valence-electron chi connectivity index (χ4n) is 1.14. The topological polar surface area (TPSA) is 92.4 Å². The van der Waals surface area contributed by atoms with Crippen LogP contribution in [0, 0.1) is 0 Å². The first kappa shape index (κ1) is 11.0. The van der Waals surface area contributed by atoms with Gasteiger partial charge in [0.25, 0.3) is 0 Å². The van der Waals surface area contributed by atoms with Gasteiger partial charge < -0.3 is 16.2 Å². The highest BCUT2D eigenvalue weighted by Crippen LogP contribution is 2.04. The van der Waals surface area contributed by atoms with Crippen LogP contribution in [-0.2, 0) is 6.42 Å². The van der Waals surface area contributed by atoms with Gasteiger partial charge in [-0.3, -0.25) is 0 Å². The van der Waals surface area contributed by atoms with Crippen LogP contribution in [0.4, 0.5) is 4.79 Å². The van der Waals surface area contributed by atoms with Crippen LogP contribution >= 0.6 is 0 Å². The Kier molecular flexibility index (Phi) is 3.68. The fraction of sp³-hybridized carbons (Fsp3) is 0.200. The molecule has 0 radical (unpaired) electrons. The normalized spacial score (nSPS) is 9.60. The number of rotatable bonds is 4. The maximum Gasteiger partial charge on any atom is 0.335 e. The van der Waals surface area contributed by atoms with Crippen LogP contribution < -0.4 is 11.1 Å². The summed E-state index contributed by atoms with van der Waals surface area (Å²) in [5.41, 5.74) is 6.10. The molecule has 0 bridgehead atoms. The highest BCUT2D eigenvalue weighted by Gasteiger charge is 2.01. The Labute approximate surface area is 86.9 Å². The van der Waals surface area contributed by atoms with Crippen molar-refractivity contribution in [1.29, 1.82) is 0 Å². The molecular weight excluding hydrogens is 196 g/mol. The Morgan fingerprint density at radius 2 is 1.87 bits per heavy atom. The quantitative estimate of drug-likeness (QED) is 0.676. The zero-order valence-electron chi connectivity index (χ0n) is 8.06. The molecule has 0 atom stereocenters. The van der Waals surface area contributed by atoms with Crippen molar-refractivity contribution in [1.82, 2.24) is 5.32 Å². The summed E-state index contributed by atoms with van der Waals surface area (Å²) in [7, 11) is 0. The van der Waals surface area contributed by atoms with Crippen molar-refractivity contribution in [3.63, 3.8) is 0 Å². The van der Waals surface area contributed by atoms with Crippen molar-refractivity contribution in [2.24, 2.45) is 5.73 Å². The number of amides is 2. The van der Waals surface area contributed by atoms with E-state index in [4.69, 9.17) is 10.8 Å². The number of carbonyl (C=O) groups is 2. The molecule has 0 saturated heterocycles. The van der Waals surface area contributed by atoms with Crippen molar-refractivity contribution in [3.05, 3.63) is 35.4 Å². The predicted octanol–water partition coefficient (Wildman–Crippen LogP) is 0.596. The van der Waals surface area contributed by atoms with Crippen LogP contribution in [0.5, 0.6) is 0 Å². The maximum absolute atomic E-state index is 10.5. The van der Waals surface area contributed by atoms with E-state index in [1.165, 1.54) is 12.1 Å². The van der Waals surface area contributed by atoms with Crippen LogP contribution in [0.25, 0.3) is 0 Å². The van der Waals surface area contributed by atoms with Crippen molar-refractivity contribution in [2.45, 2.75) is 6.42 Å². The number of benzene rings is 1. The lowest BCUT2D eigenvalue weighted by atomic mass is 10.1. The first-order valence-electron chi connectivity index (χ1n) is 4.45. The molecule has 0 heterocycles. The van der Waals surface area contributed by atoms with Gasteiger partial charge in [-0.05, 0) is 24.1 Å². The minimum Gasteiger partial charge on any atom is -0.478 e. The molecule has 80 valence electrons. The molecule has 1 aromatic carbocycles. The van der Waals surface area contributed by atoms with Gasteiger partial charge in [0.2, 0.25) is 0 Å². The molecule has 4 N–H and O–H groups in total. The Balaban J connectivity index is 2.50. The summed E-state index contributed by atoms with van der Waals surface area (Å²) in [4.78, 5) is 20.9. The number of aromatic carboxylic acids is 1. The molecule has 5 nitrogen and oxygen atoms in total. The van der Waals surface area contributed by atoms with E-state index in [1.807, 2.05) is 0 Å². The first-order chi connectivity index (χ1) is 7.09. The van der Waals surface area contributed by atoms with Gasteiger partial charge in [0.05, 0.1) is 5.56 Å². The summed E-state index contributed by atoms with van der Waals surface area (Å²) in [5, 5.41) is 11.1. The van der Waals surface area contributed by atoms with E-state index >= 15 is 0 Å². The van der Waals surface area contributed by atoms with Crippen LogP contribution in [0.15, 0.2) is 24.3 Å². The number of hydrogen-bond acceptors (Lipinski definition) is 2. The van der Waals surface area contributed by atoms with E-state index in [2.05, 4.69) is 5.32 Å². The Hall–Kier alpha value is -2.04. The van der Waals surface area contributed by atoms with Gasteiger partial charge in [0.15, 0.2) is 0 Å². The zero-order valence-corrected chi connectivity index (χ0v) is 8.06. The third kappa shape index (κ3) is 3.68. The summed E-state index contributed by atoms with van der Waals surface area (Å²) in [6.45, 7) is 0.446. The molecule has 5 heteroatoms. The largest absolute Gasteiger partial charge is 0.478 e. The Morgan fingerprint density at radius 1 is 1.27 bits per heavy atom. The van der Waals surface area contributed by atoms with Gasteiger partial charge in [0, 0.05) is 6.54 Å². The van der Waals surface area contributed by atoms with Gasteiger partial charge in [-0.2, -0.15) is 0 Å². The van der Waals surface area contributed by atoms with Crippen molar-refractivity contribution in [3.8, 4) is 0 Å². The second kappa shape index (κ2) is 4.99. The number of urea groups is 1. The third-order valence-corrected chi connectivity index (χ3v) is 1.91. The molecule has 0 aliphatic heterocycles. The van der Waals surface area contributed by atoms with E-state index in [1.54, 1.807) is 12.1 Å². The summed E-state index contributed by atoms with van der Waals surface area (Å²) < 4.78 is 0. The number of hydrogen-bond donors (Lipinski definition) is 3. The second-order valence-corrected chi connectivity index (χ2v) is 3.04. The van der Waals surface area contributed by atoms with Crippen LogP contribution in [0.2, 0.25) is 0 Å². The average Bonchev–Trinajstić information content (AvgIpc) is 2.18. The summed E-state index contributed by atoms with van der Waals surface area (Å²) in [6, 6.07) is 5.93. The molecule has 0 aliphatic rings. The number of primary amides is 1. The van der Waals surface area contributed by atoms with Crippen LogP contribution in [-0.4, -0.2) is 23.7 Å². The molecule has 0 aromatic heterocycles. The first-order valence-corrected chi connectivity index (χ1v) is 4.45. The zero-order chi connectivity index (χ0) is 11.3. The van der Waals surface area contributed by atoms with Crippen LogP contribution in [0.3, 0.4) is 0 Å².